The third kappa shape index (κ3) is 2.89. The first kappa shape index (κ1) is 15.1. The highest BCUT2D eigenvalue weighted by Crippen LogP contribution is 2.34. The van der Waals surface area contributed by atoms with Crippen molar-refractivity contribution >= 4 is 28.7 Å². The number of carbonyl (C=O) groups excluding carboxylic acids is 1. The van der Waals surface area contributed by atoms with Crippen LogP contribution in [0, 0.1) is 13.8 Å². The summed E-state index contributed by atoms with van der Waals surface area (Å²) in [6, 6.07) is 5.53. The van der Waals surface area contributed by atoms with Crippen LogP contribution in [0.25, 0.3) is 0 Å². The number of hydrogen-bond donors (Lipinski definition) is 0. The van der Waals surface area contributed by atoms with Gasteiger partial charge in [-0.3, -0.25) is 4.79 Å². The maximum atomic E-state index is 12.7. The maximum Gasteiger partial charge on any atom is 0.206 e. The molecule has 0 aliphatic heterocycles. The van der Waals surface area contributed by atoms with Gasteiger partial charge in [-0.25, -0.2) is 0 Å². The number of ether oxygens (including phenoxy) is 1. The molecule has 1 aromatic heterocycles. The van der Waals surface area contributed by atoms with Crippen LogP contribution in [0.5, 0.6) is 5.75 Å². The van der Waals surface area contributed by atoms with Crippen molar-refractivity contribution in [2.45, 2.75) is 33.8 Å². The maximum absolute atomic E-state index is 12.7. The van der Waals surface area contributed by atoms with E-state index < -0.39 is 0 Å². The van der Waals surface area contributed by atoms with E-state index in [1.807, 2.05) is 51.3 Å². The Labute approximate surface area is 128 Å². The summed E-state index contributed by atoms with van der Waals surface area (Å²) in [5.41, 5.74) is 2.26. The first-order valence-electron chi connectivity index (χ1n) is 6.46. The van der Waals surface area contributed by atoms with Crippen LogP contribution in [0.3, 0.4) is 0 Å². The van der Waals surface area contributed by atoms with Gasteiger partial charge in [0, 0.05) is 5.02 Å². The molecule has 0 bridgehead atoms. The molecule has 4 heteroatoms. The molecule has 0 amide bonds. The second-order valence-corrected chi connectivity index (χ2v) is 6.30. The summed E-state index contributed by atoms with van der Waals surface area (Å²) < 4.78 is 5.81. The Bertz CT molecular complexity index is 630. The largest absolute Gasteiger partial charge is 0.490 e. The molecular formula is C16H17ClO2S. The lowest BCUT2D eigenvalue weighted by Crippen LogP contribution is -2.12. The highest BCUT2D eigenvalue weighted by atomic mass is 35.5. The van der Waals surface area contributed by atoms with Crippen molar-refractivity contribution in [2.24, 2.45) is 0 Å². The van der Waals surface area contributed by atoms with Crippen LogP contribution >= 0.6 is 22.9 Å². The zero-order chi connectivity index (χ0) is 14.9. The Kier molecular flexibility index (Phi) is 4.51. The molecule has 0 spiro atoms. The molecule has 0 aliphatic rings. The van der Waals surface area contributed by atoms with Gasteiger partial charge in [0.25, 0.3) is 0 Å². The van der Waals surface area contributed by atoms with E-state index in [0.717, 1.165) is 11.1 Å². The molecule has 106 valence electrons. The first-order chi connectivity index (χ1) is 9.41. The summed E-state index contributed by atoms with van der Waals surface area (Å²) in [5, 5.41) is 2.52. The number of rotatable bonds is 4. The normalized spacial score (nSPS) is 10.9. The predicted molar refractivity (Wildman–Crippen MR) is 84.4 cm³/mol. The van der Waals surface area contributed by atoms with Gasteiger partial charge in [0.15, 0.2) is 0 Å². The standard InChI is InChI=1S/C16H17ClO2S/c1-9(2)19-12-8-10(3)15(17)11(4)14(12)16(18)13-6-5-7-20-13/h5-9H,1-4H3. The van der Waals surface area contributed by atoms with Crippen LogP contribution in [0.2, 0.25) is 5.02 Å². The average Bonchev–Trinajstić information content (AvgIpc) is 2.89. The molecule has 0 atom stereocenters. The second kappa shape index (κ2) is 5.98. The van der Waals surface area contributed by atoms with Gasteiger partial charge in [0.05, 0.1) is 16.5 Å². The molecule has 2 aromatic rings. The van der Waals surface area contributed by atoms with Crippen molar-refractivity contribution in [3.8, 4) is 5.75 Å². The van der Waals surface area contributed by atoms with Gasteiger partial charge in [0.2, 0.25) is 5.78 Å². The Morgan fingerprint density at radius 2 is 2.05 bits per heavy atom. The lowest BCUT2D eigenvalue weighted by molar-refractivity contribution is 0.103. The van der Waals surface area contributed by atoms with Crippen molar-refractivity contribution in [3.63, 3.8) is 0 Å². The molecule has 20 heavy (non-hydrogen) atoms. The van der Waals surface area contributed by atoms with Crippen LogP contribution in [0.4, 0.5) is 0 Å². The van der Waals surface area contributed by atoms with Crippen molar-refractivity contribution in [2.75, 3.05) is 0 Å². The van der Waals surface area contributed by atoms with Gasteiger partial charge in [0.1, 0.15) is 5.75 Å². The first-order valence-corrected chi connectivity index (χ1v) is 7.72. The Hall–Kier alpha value is -1.32. The van der Waals surface area contributed by atoms with Crippen LogP contribution in [0.1, 0.15) is 40.2 Å². The average molecular weight is 309 g/mol. The molecule has 0 saturated heterocycles. The summed E-state index contributed by atoms with van der Waals surface area (Å²) >= 11 is 7.72. The lowest BCUT2D eigenvalue weighted by Gasteiger charge is -2.17. The molecule has 0 N–H and O–H groups in total. The van der Waals surface area contributed by atoms with E-state index in [0.29, 0.717) is 21.2 Å². The van der Waals surface area contributed by atoms with Gasteiger partial charge in [-0.15, -0.1) is 11.3 Å². The van der Waals surface area contributed by atoms with E-state index in [4.69, 9.17) is 16.3 Å². The third-order valence-electron chi connectivity index (χ3n) is 2.98. The molecule has 2 nitrogen and oxygen atoms in total. The lowest BCUT2D eigenvalue weighted by atomic mass is 9.99. The predicted octanol–water partition coefficient (Wildman–Crippen LogP) is 5.04. The summed E-state index contributed by atoms with van der Waals surface area (Å²) in [6.45, 7) is 7.67. The van der Waals surface area contributed by atoms with E-state index in [2.05, 4.69) is 0 Å². The summed E-state index contributed by atoms with van der Waals surface area (Å²) in [4.78, 5) is 13.4. The summed E-state index contributed by atoms with van der Waals surface area (Å²) in [5.74, 6) is 0.577. The fraction of sp³-hybridized carbons (Fsp3) is 0.312. The number of carbonyl (C=O) groups is 1. The molecule has 0 radical (unpaired) electrons. The van der Waals surface area contributed by atoms with Crippen molar-refractivity contribution < 1.29 is 9.53 Å². The molecule has 0 aliphatic carbocycles. The SMILES string of the molecule is Cc1cc(OC(C)C)c(C(=O)c2cccs2)c(C)c1Cl. The minimum Gasteiger partial charge on any atom is -0.490 e. The molecule has 1 heterocycles. The summed E-state index contributed by atoms with van der Waals surface area (Å²) in [7, 11) is 0. The van der Waals surface area contributed by atoms with E-state index in [-0.39, 0.29) is 11.9 Å². The van der Waals surface area contributed by atoms with Gasteiger partial charge >= 0.3 is 0 Å². The molecule has 2 rings (SSSR count). The molecule has 0 unspecified atom stereocenters. The highest BCUT2D eigenvalue weighted by molar-refractivity contribution is 7.12. The number of aryl methyl sites for hydroxylation is 1. The van der Waals surface area contributed by atoms with Gasteiger partial charge < -0.3 is 4.74 Å². The minimum atomic E-state index is -0.0324. The van der Waals surface area contributed by atoms with Gasteiger partial charge in [-0.1, -0.05) is 17.7 Å². The molecule has 0 fully saturated rings. The number of thiophene rings is 1. The zero-order valence-corrected chi connectivity index (χ0v) is 13.6. The van der Waals surface area contributed by atoms with E-state index >= 15 is 0 Å². The van der Waals surface area contributed by atoms with E-state index in [1.54, 1.807) is 0 Å². The van der Waals surface area contributed by atoms with Crippen molar-refractivity contribution in [3.05, 3.63) is 50.2 Å². The fourth-order valence-corrected chi connectivity index (χ4v) is 2.90. The summed E-state index contributed by atoms with van der Waals surface area (Å²) in [6.07, 6.45) is 0.00450. The molecular weight excluding hydrogens is 292 g/mol. The van der Waals surface area contributed by atoms with Gasteiger partial charge in [-0.2, -0.15) is 0 Å². The fourth-order valence-electron chi connectivity index (χ4n) is 2.08. The Morgan fingerprint density at radius 1 is 1.35 bits per heavy atom. The smallest absolute Gasteiger partial charge is 0.206 e. The second-order valence-electron chi connectivity index (χ2n) is 4.98. The number of ketones is 1. The van der Waals surface area contributed by atoms with Gasteiger partial charge in [-0.05, 0) is 56.3 Å². The quantitative estimate of drug-likeness (QED) is 0.740. The van der Waals surface area contributed by atoms with Crippen LogP contribution in [-0.4, -0.2) is 11.9 Å². The van der Waals surface area contributed by atoms with Crippen molar-refractivity contribution in [1.82, 2.24) is 0 Å². The highest BCUT2D eigenvalue weighted by Gasteiger charge is 2.22. The minimum absolute atomic E-state index is 0.00450. The third-order valence-corrected chi connectivity index (χ3v) is 4.43. The molecule has 0 saturated carbocycles. The Morgan fingerprint density at radius 3 is 2.60 bits per heavy atom. The molecule has 1 aromatic carbocycles. The topological polar surface area (TPSA) is 26.3 Å². The number of benzene rings is 1. The zero-order valence-electron chi connectivity index (χ0n) is 12.0. The van der Waals surface area contributed by atoms with Crippen molar-refractivity contribution in [1.29, 1.82) is 0 Å². The van der Waals surface area contributed by atoms with Crippen LogP contribution in [0.15, 0.2) is 23.6 Å². The number of hydrogen-bond acceptors (Lipinski definition) is 3. The monoisotopic (exact) mass is 308 g/mol. The van der Waals surface area contributed by atoms with E-state index in [1.165, 1.54) is 11.3 Å². The number of halogens is 1. The van der Waals surface area contributed by atoms with Crippen LogP contribution in [-0.2, 0) is 0 Å². The van der Waals surface area contributed by atoms with E-state index in [9.17, 15) is 4.79 Å². The van der Waals surface area contributed by atoms with Crippen LogP contribution < -0.4 is 4.74 Å². The Balaban J connectivity index is 2.60.